The highest BCUT2D eigenvalue weighted by Crippen LogP contribution is 2.48. The van der Waals surface area contributed by atoms with E-state index in [1.165, 1.54) is 14.2 Å². The molecule has 0 saturated heterocycles. The van der Waals surface area contributed by atoms with Crippen molar-refractivity contribution in [3.8, 4) is 5.75 Å². The standard InChI is InChI=1S/C26H34N4O4/c1-16(2)18-8-6-7-9-20(18)30(15-22-28-12-13-29-22)23-19-14-17(27)10-11-21(19)34-26(3,24(23)31)25(32-4)33-5/h6-14,16,23-25,31H,15,27H2,1-5H3,(H,28,29)/t23-,24+,26+/m1/s1. The molecule has 0 saturated carbocycles. The Hall–Kier alpha value is -3.07. The number of nitrogens with zero attached hydrogens (tertiary/aromatic N) is 2. The van der Waals surface area contributed by atoms with E-state index in [1.807, 2.05) is 24.3 Å². The lowest BCUT2D eigenvalue weighted by Crippen LogP contribution is -2.62. The number of nitrogens with two attached hydrogens (primary N) is 1. The number of methoxy groups -OCH3 is 2. The van der Waals surface area contributed by atoms with E-state index >= 15 is 0 Å². The van der Waals surface area contributed by atoms with Crippen LogP contribution in [0.5, 0.6) is 5.75 Å². The third-order valence-corrected chi connectivity index (χ3v) is 6.54. The number of hydrogen-bond acceptors (Lipinski definition) is 7. The van der Waals surface area contributed by atoms with E-state index in [-0.39, 0.29) is 5.92 Å². The highest BCUT2D eigenvalue weighted by Gasteiger charge is 2.54. The number of aliphatic hydroxyl groups excluding tert-OH is 1. The number of imidazole rings is 1. The predicted octanol–water partition coefficient (Wildman–Crippen LogP) is 3.99. The Balaban J connectivity index is 1.94. The summed E-state index contributed by atoms with van der Waals surface area (Å²) in [6, 6.07) is 13.2. The highest BCUT2D eigenvalue weighted by atomic mass is 16.7. The molecule has 2 aromatic carbocycles. The van der Waals surface area contributed by atoms with Crippen LogP contribution in [0.3, 0.4) is 0 Å². The number of hydrogen-bond donors (Lipinski definition) is 3. The molecule has 4 N–H and O–H groups in total. The van der Waals surface area contributed by atoms with Gasteiger partial charge in [0.05, 0.1) is 12.6 Å². The van der Waals surface area contributed by atoms with Crippen molar-refractivity contribution in [1.29, 1.82) is 0 Å². The van der Waals surface area contributed by atoms with Crippen LogP contribution in [-0.4, -0.2) is 47.3 Å². The van der Waals surface area contributed by atoms with Gasteiger partial charge in [0.2, 0.25) is 0 Å². The minimum atomic E-state index is -1.19. The van der Waals surface area contributed by atoms with E-state index < -0.39 is 24.0 Å². The third-order valence-electron chi connectivity index (χ3n) is 6.54. The van der Waals surface area contributed by atoms with Crippen molar-refractivity contribution < 1.29 is 19.3 Å². The topological polar surface area (TPSA) is 106 Å². The molecule has 2 heterocycles. The Kier molecular flexibility index (Phi) is 6.84. The van der Waals surface area contributed by atoms with Crippen LogP contribution >= 0.6 is 0 Å². The van der Waals surface area contributed by atoms with E-state index in [9.17, 15) is 5.11 Å². The molecule has 1 aromatic heterocycles. The first-order valence-corrected chi connectivity index (χ1v) is 11.5. The van der Waals surface area contributed by atoms with Gasteiger partial charge in [0, 0.05) is 43.6 Å². The summed E-state index contributed by atoms with van der Waals surface area (Å²) in [7, 11) is 3.08. The fourth-order valence-corrected chi connectivity index (χ4v) is 4.88. The summed E-state index contributed by atoms with van der Waals surface area (Å²) < 4.78 is 17.5. The number of aromatic nitrogens is 2. The van der Waals surface area contributed by atoms with E-state index in [0.29, 0.717) is 18.0 Å². The summed E-state index contributed by atoms with van der Waals surface area (Å²) in [6.45, 7) is 6.56. The molecule has 0 amide bonds. The van der Waals surface area contributed by atoms with Gasteiger partial charge < -0.3 is 34.9 Å². The van der Waals surface area contributed by atoms with Gasteiger partial charge in [0.1, 0.15) is 17.7 Å². The second kappa shape index (κ2) is 9.66. The maximum Gasteiger partial charge on any atom is 0.199 e. The normalized spacial score (nSPS) is 22.0. The number of anilines is 2. The molecule has 8 nitrogen and oxygen atoms in total. The van der Waals surface area contributed by atoms with E-state index in [0.717, 1.165) is 22.6 Å². The first-order valence-electron chi connectivity index (χ1n) is 11.5. The van der Waals surface area contributed by atoms with Gasteiger partial charge in [-0.25, -0.2) is 4.98 Å². The Morgan fingerprint density at radius 1 is 1.21 bits per heavy atom. The number of rotatable bonds is 8. The molecule has 0 unspecified atom stereocenters. The number of nitrogen functional groups attached to an aromatic ring is 1. The summed E-state index contributed by atoms with van der Waals surface area (Å²) in [4.78, 5) is 9.84. The first kappa shape index (κ1) is 24.1. The first-order chi connectivity index (χ1) is 16.3. The highest BCUT2D eigenvalue weighted by molar-refractivity contribution is 5.60. The Bertz CT molecular complexity index is 1100. The number of fused-ring (bicyclic) bond motifs is 1. The van der Waals surface area contributed by atoms with Crippen molar-refractivity contribution in [1.82, 2.24) is 9.97 Å². The van der Waals surface area contributed by atoms with E-state index in [2.05, 4.69) is 40.8 Å². The summed E-state index contributed by atoms with van der Waals surface area (Å²) in [5.41, 5.74) is 8.56. The molecule has 0 spiro atoms. The lowest BCUT2D eigenvalue weighted by molar-refractivity contribution is -0.237. The molecular weight excluding hydrogens is 432 g/mol. The number of ether oxygens (including phenoxy) is 3. The predicted molar refractivity (Wildman–Crippen MR) is 132 cm³/mol. The lowest BCUT2D eigenvalue weighted by atomic mass is 9.82. The summed E-state index contributed by atoms with van der Waals surface area (Å²) >= 11 is 0. The number of para-hydroxylation sites is 1. The molecule has 8 heteroatoms. The van der Waals surface area contributed by atoms with Crippen molar-refractivity contribution in [3.63, 3.8) is 0 Å². The lowest BCUT2D eigenvalue weighted by Gasteiger charge is -2.50. The van der Waals surface area contributed by atoms with Crippen molar-refractivity contribution >= 4 is 11.4 Å². The van der Waals surface area contributed by atoms with Crippen LogP contribution in [0.2, 0.25) is 0 Å². The average molecular weight is 467 g/mol. The molecule has 1 aliphatic heterocycles. The molecule has 34 heavy (non-hydrogen) atoms. The molecule has 4 rings (SSSR count). The second-order valence-electron chi connectivity index (χ2n) is 9.15. The fourth-order valence-electron chi connectivity index (χ4n) is 4.88. The molecule has 0 fully saturated rings. The molecule has 1 aliphatic rings. The quantitative estimate of drug-likeness (QED) is 0.340. The van der Waals surface area contributed by atoms with Crippen LogP contribution in [0.15, 0.2) is 54.9 Å². The summed E-state index contributed by atoms with van der Waals surface area (Å²) in [5, 5.41) is 12.0. The van der Waals surface area contributed by atoms with Crippen molar-refractivity contribution in [2.45, 2.75) is 57.3 Å². The molecule has 3 aromatic rings. The van der Waals surface area contributed by atoms with Crippen molar-refractivity contribution in [2.24, 2.45) is 0 Å². The van der Waals surface area contributed by atoms with Gasteiger partial charge in [-0.05, 0) is 42.7 Å². The second-order valence-corrected chi connectivity index (χ2v) is 9.15. The minimum Gasteiger partial charge on any atom is -0.479 e. The molecular formula is C26H34N4O4. The van der Waals surface area contributed by atoms with Gasteiger partial charge >= 0.3 is 0 Å². The monoisotopic (exact) mass is 466 g/mol. The smallest absolute Gasteiger partial charge is 0.199 e. The van der Waals surface area contributed by atoms with Crippen LogP contribution < -0.4 is 15.4 Å². The van der Waals surface area contributed by atoms with Crippen LogP contribution in [0.25, 0.3) is 0 Å². The maximum absolute atomic E-state index is 12.0. The van der Waals surface area contributed by atoms with Crippen molar-refractivity contribution in [2.75, 3.05) is 24.9 Å². The van der Waals surface area contributed by atoms with Gasteiger partial charge in [0.15, 0.2) is 11.9 Å². The summed E-state index contributed by atoms with van der Waals surface area (Å²) in [6.07, 6.45) is 1.69. The Morgan fingerprint density at radius 2 is 1.94 bits per heavy atom. The zero-order valence-corrected chi connectivity index (χ0v) is 20.4. The molecule has 0 radical (unpaired) electrons. The maximum atomic E-state index is 12.0. The van der Waals surface area contributed by atoms with E-state index in [1.54, 1.807) is 25.4 Å². The van der Waals surface area contributed by atoms with Crippen molar-refractivity contribution in [3.05, 3.63) is 71.8 Å². The summed E-state index contributed by atoms with van der Waals surface area (Å²) in [5.74, 6) is 1.67. The molecule has 0 bridgehead atoms. The van der Waals surface area contributed by atoms with Crippen LogP contribution in [0, 0.1) is 0 Å². The number of H-pyrrole nitrogens is 1. The van der Waals surface area contributed by atoms with Crippen LogP contribution in [-0.2, 0) is 16.0 Å². The Labute approximate surface area is 200 Å². The zero-order chi connectivity index (χ0) is 24.5. The number of aliphatic hydroxyl groups is 1. The van der Waals surface area contributed by atoms with Gasteiger partial charge in [0.25, 0.3) is 0 Å². The van der Waals surface area contributed by atoms with E-state index in [4.69, 9.17) is 19.9 Å². The van der Waals surface area contributed by atoms with Gasteiger partial charge in [-0.1, -0.05) is 32.0 Å². The number of benzene rings is 2. The van der Waals surface area contributed by atoms with Gasteiger partial charge in [-0.15, -0.1) is 0 Å². The largest absolute Gasteiger partial charge is 0.479 e. The molecule has 182 valence electrons. The van der Waals surface area contributed by atoms with Crippen LogP contribution in [0.4, 0.5) is 11.4 Å². The van der Waals surface area contributed by atoms with Gasteiger partial charge in [-0.3, -0.25) is 0 Å². The number of aromatic amines is 1. The SMILES string of the molecule is COC(OC)[C@@]1(C)Oc2ccc(N)cc2[C@@H](N(Cc2ncc[nH]2)c2ccccc2C(C)C)[C@@H]1O. The minimum absolute atomic E-state index is 0.268. The zero-order valence-electron chi connectivity index (χ0n) is 20.4. The third kappa shape index (κ3) is 4.24. The molecule has 3 atom stereocenters. The average Bonchev–Trinajstić information content (AvgIpc) is 3.33. The van der Waals surface area contributed by atoms with Gasteiger partial charge in [-0.2, -0.15) is 0 Å². The number of nitrogens with one attached hydrogen (secondary N) is 1. The van der Waals surface area contributed by atoms with Crippen LogP contribution in [0.1, 0.15) is 49.7 Å². The Morgan fingerprint density at radius 3 is 2.59 bits per heavy atom. The molecule has 0 aliphatic carbocycles. The fraction of sp³-hybridized carbons (Fsp3) is 0.423.